The monoisotopic (exact) mass is 727 g/mol. The standard InChI is InChI=1S/C56H41N/c1-39-21-24-47(36-52(39)51-20-12-11-19-49(51)35-40-22-25-44(26-23-40)41-13-5-2-6-14-41)48-30-34-56-54(38-48)53-37-46(43-17-9-4-10-18-43)29-33-55(53)57(56)50-31-27-45(28-32-50)42-15-7-3-8-16-42/h2-34,36-38H,35H2,1H3. The van der Waals surface area contributed by atoms with E-state index in [9.17, 15) is 0 Å². The molecular weight excluding hydrogens is 687 g/mol. The van der Waals surface area contributed by atoms with E-state index in [-0.39, 0.29) is 0 Å². The van der Waals surface area contributed by atoms with Crippen molar-refractivity contribution in [1.82, 2.24) is 4.57 Å². The Bertz CT molecular complexity index is 2990. The van der Waals surface area contributed by atoms with Crippen LogP contribution in [-0.2, 0) is 6.42 Å². The van der Waals surface area contributed by atoms with Gasteiger partial charge in [0.1, 0.15) is 0 Å². The van der Waals surface area contributed by atoms with E-state index in [0.717, 1.165) is 12.1 Å². The van der Waals surface area contributed by atoms with E-state index in [2.05, 4.69) is 230 Å². The molecule has 1 aromatic heterocycles. The van der Waals surface area contributed by atoms with Crippen LogP contribution in [-0.4, -0.2) is 4.57 Å². The second kappa shape index (κ2) is 14.8. The molecule has 0 fully saturated rings. The second-order valence-electron chi connectivity index (χ2n) is 15.0. The van der Waals surface area contributed by atoms with Crippen LogP contribution in [0.4, 0.5) is 0 Å². The number of hydrogen-bond acceptors (Lipinski definition) is 0. The van der Waals surface area contributed by atoms with E-state index in [1.54, 1.807) is 0 Å². The zero-order valence-electron chi connectivity index (χ0n) is 31.9. The molecule has 0 aliphatic heterocycles. The highest BCUT2D eigenvalue weighted by atomic mass is 15.0. The number of nitrogens with zero attached hydrogens (tertiary/aromatic N) is 1. The highest BCUT2D eigenvalue weighted by molar-refractivity contribution is 6.11. The molecule has 0 radical (unpaired) electrons. The summed E-state index contributed by atoms with van der Waals surface area (Å²) in [5.74, 6) is 0. The van der Waals surface area contributed by atoms with Crippen LogP contribution in [0.1, 0.15) is 16.7 Å². The number of aryl methyl sites for hydroxylation is 1. The first-order valence-corrected chi connectivity index (χ1v) is 19.8. The lowest BCUT2D eigenvalue weighted by molar-refractivity contribution is 1.18. The lowest BCUT2D eigenvalue weighted by Gasteiger charge is -2.15. The van der Waals surface area contributed by atoms with Crippen molar-refractivity contribution in [3.63, 3.8) is 0 Å². The minimum atomic E-state index is 0.871. The molecule has 57 heavy (non-hydrogen) atoms. The number of rotatable bonds is 8. The SMILES string of the molecule is Cc1ccc(-c2ccc3c(c2)c2cc(-c4ccccc4)ccc2n3-c2ccc(-c3ccccc3)cc2)cc1-c1ccccc1Cc1ccc(-c2ccccc2)cc1. The van der Waals surface area contributed by atoms with E-state index in [4.69, 9.17) is 0 Å². The van der Waals surface area contributed by atoms with Crippen molar-refractivity contribution in [2.75, 3.05) is 0 Å². The molecule has 10 aromatic rings. The summed E-state index contributed by atoms with van der Waals surface area (Å²) in [6, 6.07) is 79.7. The molecule has 0 saturated heterocycles. The molecule has 9 aromatic carbocycles. The summed E-state index contributed by atoms with van der Waals surface area (Å²) in [7, 11) is 0. The molecule has 0 aliphatic carbocycles. The molecule has 0 bridgehead atoms. The maximum Gasteiger partial charge on any atom is 0.0541 e. The highest BCUT2D eigenvalue weighted by Gasteiger charge is 2.16. The summed E-state index contributed by atoms with van der Waals surface area (Å²) in [5.41, 5.74) is 19.8. The van der Waals surface area contributed by atoms with Crippen LogP contribution < -0.4 is 0 Å². The van der Waals surface area contributed by atoms with Gasteiger partial charge in [0.15, 0.2) is 0 Å². The second-order valence-corrected chi connectivity index (χ2v) is 15.0. The van der Waals surface area contributed by atoms with Crippen molar-refractivity contribution < 1.29 is 0 Å². The van der Waals surface area contributed by atoms with Gasteiger partial charge in [-0.25, -0.2) is 0 Å². The fourth-order valence-electron chi connectivity index (χ4n) is 8.42. The highest BCUT2D eigenvalue weighted by Crippen LogP contribution is 2.39. The van der Waals surface area contributed by atoms with Crippen molar-refractivity contribution in [3.05, 3.63) is 235 Å². The molecule has 0 aliphatic rings. The Labute approximate surface area is 334 Å². The van der Waals surface area contributed by atoms with Gasteiger partial charge in [-0.2, -0.15) is 0 Å². The summed E-state index contributed by atoms with van der Waals surface area (Å²) < 4.78 is 2.42. The first-order chi connectivity index (χ1) is 28.2. The van der Waals surface area contributed by atoms with Gasteiger partial charge in [0.25, 0.3) is 0 Å². The maximum absolute atomic E-state index is 2.42. The van der Waals surface area contributed by atoms with Gasteiger partial charge < -0.3 is 4.57 Å². The zero-order chi connectivity index (χ0) is 38.1. The van der Waals surface area contributed by atoms with E-state index >= 15 is 0 Å². The van der Waals surface area contributed by atoms with Crippen molar-refractivity contribution >= 4 is 21.8 Å². The lowest BCUT2D eigenvalue weighted by Crippen LogP contribution is -1.95. The molecule has 270 valence electrons. The Morgan fingerprint density at radius 2 is 0.754 bits per heavy atom. The fourth-order valence-corrected chi connectivity index (χ4v) is 8.42. The third kappa shape index (κ3) is 6.64. The van der Waals surface area contributed by atoms with Gasteiger partial charge in [-0.3, -0.25) is 0 Å². The van der Waals surface area contributed by atoms with Gasteiger partial charge in [-0.15, -0.1) is 0 Å². The average Bonchev–Trinajstić information content (AvgIpc) is 3.61. The van der Waals surface area contributed by atoms with Gasteiger partial charge in [0, 0.05) is 16.5 Å². The van der Waals surface area contributed by atoms with Crippen LogP contribution in [0.2, 0.25) is 0 Å². The molecule has 1 heterocycles. The molecule has 0 saturated carbocycles. The van der Waals surface area contributed by atoms with E-state index < -0.39 is 0 Å². The first-order valence-electron chi connectivity index (χ1n) is 19.8. The third-order valence-electron chi connectivity index (χ3n) is 11.4. The topological polar surface area (TPSA) is 4.93 Å². The smallest absolute Gasteiger partial charge is 0.0541 e. The zero-order valence-corrected chi connectivity index (χ0v) is 31.9. The van der Waals surface area contributed by atoms with Crippen molar-refractivity contribution in [1.29, 1.82) is 0 Å². The van der Waals surface area contributed by atoms with Crippen LogP contribution in [0.5, 0.6) is 0 Å². The normalized spacial score (nSPS) is 11.3. The summed E-state index contributed by atoms with van der Waals surface area (Å²) >= 11 is 0. The minimum absolute atomic E-state index is 0.871. The molecule has 0 N–H and O–H groups in total. The summed E-state index contributed by atoms with van der Waals surface area (Å²) in [6.45, 7) is 2.23. The number of aromatic nitrogens is 1. The summed E-state index contributed by atoms with van der Waals surface area (Å²) in [4.78, 5) is 0. The fraction of sp³-hybridized carbons (Fsp3) is 0.0357. The Morgan fingerprint density at radius 1 is 0.333 bits per heavy atom. The minimum Gasteiger partial charge on any atom is -0.309 e. The molecule has 0 spiro atoms. The predicted molar refractivity (Wildman–Crippen MR) is 242 cm³/mol. The largest absolute Gasteiger partial charge is 0.309 e. The third-order valence-corrected chi connectivity index (χ3v) is 11.4. The van der Waals surface area contributed by atoms with Crippen molar-refractivity contribution in [2.24, 2.45) is 0 Å². The Balaban J connectivity index is 1.05. The van der Waals surface area contributed by atoms with Crippen LogP contribution in [0, 0.1) is 6.92 Å². The molecule has 0 unspecified atom stereocenters. The average molecular weight is 728 g/mol. The lowest BCUT2D eigenvalue weighted by atomic mass is 9.90. The maximum atomic E-state index is 2.42. The van der Waals surface area contributed by atoms with E-state index in [1.807, 2.05) is 0 Å². The Hall–Kier alpha value is -7.22. The number of fused-ring (bicyclic) bond motifs is 3. The van der Waals surface area contributed by atoms with Crippen LogP contribution in [0.15, 0.2) is 218 Å². The quantitative estimate of drug-likeness (QED) is 0.147. The molecular formula is C56H41N. The van der Waals surface area contributed by atoms with Gasteiger partial charge >= 0.3 is 0 Å². The van der Waals surface area contributed by atoms with Gasteiger partial charge in [-0.05, 0) is 128 Å². The number of benzene rings is 9. The molecule has 10 rings (SSSR count). The van der Waals surface area contributed by atoms with E-state index in [1.165, 1.54) is 94.1 Å². The molecule has 0 atom stereocenters. The Kier molecular flexibility index (Phi) is 8.89. The first kappa shape index (κ1) is 34.3. The van der Waals surface area contributed by atoms with Crippen molar-refractivity contribution in [2.45, 2.75) is 13.3 Å². The van der Waals surface area contributed by atoms with Gasteiger partial charge in [0.2, 0.25) is 0 Å². The van der Waals surface area contributed by atoms with Crippen LogP contribution in [0.3, 0.4) is 0 Å². The van der Waals surface area contributed by atoms with Gasteiger partial charge in [0.05, 0.1) is 11.0 Å². The van der Waals surface area contributed by atoms with E-state index in [0.29, 0.717) is 0 Å². The van der Waals surface area contributed by atoms with Gasteiger partial charge in [-0.1, -0.05) is 176 Å². The van der Waals surface area contributed by atoms with Crippen LogP contribution >= 0.6 is 0 Å². The summed E-state index contributed by atoms with van der Waals surface area (Å²) in [5, 5.41) is 2.49. The number of hydrogen-bond donors (Lipinski definition) is 0. The molecule has 1 heteroatoms. The van der Waals surface area contributed by atoms with Crippen molar-refractivity contribution in [3.8, 4) is 61.3 Å². The predicted octanol–water partition coefficient (Wildman–Crippen LogP) is 15.0. The molecule has 1 nitrogen and oxygen atoms in total. The Morgan fingerprint density at radius 3 is 1.33 bits per heavy atom. The molecule has 0 amide bonds. The summed E-state index contributed by atoms with van der Waals surface area (Å²) in [6.07, 6.45) is 0.871. The van der Waals surface area contributed by atoms with Crippen LogP contribution in [0.25, 0.3) is 83.1 Å².